The maximum Gasteiger partial charge on any atom is 0.340 e. The predicted octanol–water partition coefficient (Wildman–Crippen LogP) is 1.75. The normalized spacial score (nSPS) is 15.5. The Hall–Kier alpha value is -2.15. The molecule has 0 bridgehead atoms. The first-order valence-electron chi connectivity index (χ1n) is 7.20. The third-order valence-corrected chi connectivity index (χ3v) is 3.59. The number of rotatable bonds is 4. The van der Waals surface area contributed by atoms with Gasteiger partial charge in [0.25, 0.3) is 0 Å². The van der Waals surface area contributed by atoms with Crippen LogP contribution in [-0.2, 0) is 10.2 Å². The van der Waals surface area contributed by atoms with Gasteiger partial charge in [0.2, 0.25) is 0 Å². The molecule has 1 aromatic heterocycles. The number of aromatic nitrogens is 4. The van der Waals surface area contributed by atoms with Crippen LogP contribution in [0, 0.1) is 0 Å². The molecule has 22 heavy (non-hydrogen) atoms. The van der Waals surface area contributed by atoms with Gasteiger partial charge >= 0.3 is 6.01 Å². The molecule has 1 aliphatic heterocycles. The lowest BCUT2D eigenvalue weighted by atomic mass is 9.87. The van der Waals surface area contributed by atoms with Gasteiger partial charge in [0.15, 0.2) is 0 Å². The van der Waals surface area contributed by atoms with Gasteiger partial charge in [-0.05, 0) is 33.5 Å². The monoisotopic (exact) mass is 304 g/mol. The van der Waals surface area contributed by atoms with Crippen molar-refractivity contribution in [2.45, 2.75) is 32.3 Å². The fourth-order valence-electron chi connectivity index (χ4n) is 2.16. The quantitative estimate of drug-likeness (QED) is 0.857. The van der Waals surface area contributed by atoms with Gasteiger partial charge < -0.3 is 14.2 Å². The molecule has 1 fully saturated rings. The van der Waals surface area contributed by atoms with E-state index in [0.717, 1.165) is 11.3 Å². The lowest BCUT2D eigenvalue weighted by molar-refractivity contribution is -0.0839. The SMILES string of the molecule is COc1ccc(C(C)(C)C)cc1-n1nnnc1OC1COC1. The molecule has 0 saturated carbocycles. The fourth-order valence-corrected chi connectivity index (χ4v) is 2.16. The Kier molecular flexibility index (Phi) is 3.74. The molecule has 0 atom stereocenters. The lowest BCUT2D eigenvalue weighted by Crippen LogP contribution is -2.39. The smallest absolute Gasteiger partial charge is 0.340 e. The summed E-state index contributed by atoms with van der Waals surface area (Å²) in [5.74, 6) is 0.690. The summed E-state index contributed by atoms with van der Waals surface area (Å²) in [5, 5.41) is 11.7. The Bertz CT molecular complexity index is 659. The zero-order chi connectivity index (χ0) is 15.7. The second-order valence-electron chi connectivity index (χ2n) is 6.29. The molecule has 118 valence electrons. The van der Waals surface area contributed by atoms with Crippen LogP contribution in [0.1, 0.15) is 26.3 Å². The van der Waals surface area contributed by atoms with E-state index in [0.29, 0.717) is 25.0 Å². The molecule has 1 aliphatic rings. The number of hydrogen-bond donors (Lipinski definition) is 0. The van der Waals surface area contributed by atoms with E-state index in [1.54, 1.807) is 11.8 Å². The van der Waals surface area contributed by atoms with E-state index in [4.69, 9.17) is 14.2 Å². The van der Waals surface area contributed by atoms with Gasteiger partial charge in [-0.15, -0.1) is 0 Å². The highest BCUT2D eigenvalue weighted by Crippen LogP contribution is 2.31. The average molecular weight is 304 g/mol. The van der Waals surface area contributed by atoms with Crippen molar-refractivity contribution in [3.63, 3.8) is 0 Å². The van der Waals surface area contributed by atoms with Gasteiger partial charge in [-0.25, -0.2) is 0 Å². The number of tetrazole rings is 1. The Labute approximate surface area is 129 Å². The van der Waals surface area contributed by atoms with Crippen molar-refractivity contribution in [1.82, 2.24) is 20.2 Å². The standard InChI is InChI=1S/C15H20N4O3/c1-15(2,3)10-5-6-13(20-4)12(7-10)19-14(16-17-18-19)22-11-8-21-9-11/h5-7,11H,8-9H2,1-4H3. The molecular weight excluding hydrogens is 284 g/mol. The first-order valence-corrected chi connectivity index (χ1v) is 7.20. The van der Waals surface area contributed by atoms with Gasteiger partial charge in [-0.2, -0.15) is 4.68 Å². The van der Waals surface area contributed by atoms with Gasteiger partial charge in [-0.3, -0.25) is 0 Å². The Morgan fingerprint density at radius 2 is 2.05 bits per heavy atom. The average Bonchev–Trinajstić information content (AvgIpc) is 2.89. The van der Waals surface area contributed by atoms with E-state index in [1.165, 1.54) is 0 Å². The van der Waals surface area contributed by atoms with Gasteiger partial charge in [-0.1, -0.05) is 31.9 Å². The van der Waals surface area contributed by atoms with Crippen molar-refractivity contribution < 1.29 is 14.2 Å². The summed E-state index contributed by atoms with van der Waals surface area (Å²) in [6, 6.07) is 6.35. The molecule has 0 radical (unpaired) electrons. The molecule has 3 rings (SSSR count). The predicted molar refractivity (Wildman–Crippen MR) is 79.6 cm³/mol. The fraction of sp³-hybridized carbons (Fsp3) is 0.533. The number of ether oxygens (including phenoxy) is 3. The van der Waals surface area contributed by atoms with E-state index in [9.17, 15) is 0 Å². The van der Waals surface area contributed by atoms with E-state index in [2.05, 4.69) is 36.3 Å². The van der Waals surface area contributed by atoms with Gasteiger partial charge in [0.05, 0.1) is 20.3 Å². The van der Waals surface area contributed by atoms with Crippen LogP contribution in [0.3, 0.4) is 0 Å². The Balaban J connectivity index is 2.01. The molecular formula is C15H20N4O3. The Morgan fingerprint density at radius 3 is 2.64 bits per heavy atom. The van der Waals surface area contributed by atoms with E-state index in [-0.39, 0.29) is 11.5 Å². The minimum atomic E-state index is 0.00143. The molecule has 7 nitrogen and oxygen atoms in total. The number of nitrogens with zero attached hydrogens (tertiary/aromatic N) is 4. The lowest BCUT2D eigenvalue weighted by Gasteiger charge is -2.26. The van der Waals surface area contributed by atoms with E-state index < -0.39 is 0 Å². The van der Waals surface area contributed by atoms with Crippen LogP contribution < -0.4 is 9.47 Å². The Morgan fingerprint density at radius 1 is 1.27 bits per heavy atom. The number of methoxy groups -OCH3 is 1. The van der Waals surface area contributed by atoms with Crippen LogP contribution in [0.2, 0.25) is 0 Å². The highest BCUT2D eigenvalue weighted by atomic mass is 16.6. The van der Waals surface area contributed by atoms with Crippen LogP contribution in [0.25, 0.3) is 5.69 Å². The topological polar surface area (TPSA) is 71.3 Å². The first kappa shape index (κ1) is 14.8. The molecule has 0 spiro atoms. The van der Waals surface area contributed by atoms with Crippen LogP contribution >= 0.6 is 0 Å². The minimum absolute atomic E-state index is 0.00143. The first-order chi connectivity index (χ1) is 10.5. The van der Waals surface area contributed by atoms with E-state index in [1.807, 2.05) is 18.2 Å². The summed E-state index contributed by atoms with van der Waals surface area (Å²) < 4.78 is 17.9. The maximum atomic E-state index is 5.75. The van der Waals surface area contributed by atoms with Crippen molar-refractivity contribution >= 4 is 0 Å². The summed E-state index contributed by atoms with van der Waals surface area (Å²) in [7, 11) is 1.63. The van der Waals surface area contributed by atoms with Crippen LogP contribution in [0.15, 0.2) is 18.2 Å². The third kappa shape index (κ3) is 2.76. The van der Waals surface area contributed by atoms with Crippen molar-refractivity contribution in [2.24, 2.45) is 0 Å². The van der Waals surface area contributed by atoms with Crippen LogP contribution in [0.4, 0.5) is 0 Å². The number of benzene rings is 1. The maximum absolute atomic E-state index is 5.75. The summed E-state index contributed by atoms with van der Waals surface area (Å²) in [4.78, 5) is 0. The molecule has 0 N–H and O–H groups in total. The minimum Gasteiger partial charge on any atom is -0.494 e. The molecule has 7 heteroatoms. The van der Waals surface area contributed by atoms with Crippen molar-refractivity contribution in [1.29, 1.82) is 0 Å². The second kappa shape index (κ2) is 5.57. The van der Waals surface area contributed by atoms with Crippen molar-refractivity contribution in [3.8, 4) is 17.4 Å². The van der Waals surface area contributed by atoms with Crippen molar-refractivity contribution in [3.05, 3.63) is 23.8 Å². The largest absolute Gasteiger partial charge is 0.494 e. The van der Waals surface area contributed by atoms with Crippen LogP contribution in [0.5, 0.6) is 11.8 Å². The summed E-state index contributed by atoms with van der Waals surface area (Å²) >= 11 is 0. The summed E-state index contributed by atoms with van der Waals surface area (Å²) in [6.07, 6.45) is 0.00143. The summed E-state index contributed by atoms with van der Waals surface area (Å²) in [6.45, 7) is 7.59. The highest BCUT2D eigenvalue weighted by molar-refractivity contribution is 5.50. The molecule has 1 saturated heterocycles. The zero-order valence-corrected chi connectivity index (χ0v) is 13.2. The zero-order valence-electron chi connectivity index (χ0n) is 13.2. The van der Waals surface area contributed by atoms with E-state index >= 15 is 0 Å². The molecule has 0 amide bonds. The van der Waals surface area contributed by atoms with Crippen molar-refractivity contribution in [2.75, 3.05) is 20.3 Å². The highest BCUT2D eigenvalue weighted by Gasteiger charge is 2.25. The summed E-state index contributed by atoms with van der Waals surface area (Å²) in [5.41, 5.74) is 1.93. The van der Waals surface area contributed by atoms with Crippen LogP contribution in [-0.4, -0.2) is 46.6 Å². The molecule has 2 aromatic rings. The molecule has 0 aliphatic carbocycles. The molecule has 0 unspecified atom stereocenters. The van der Waals surface area contributed by atoms with Gasteiger partial charge in [0, 0.05) is 0 Å². The number of hydrogen-bond acceptors (Lipinski definition) is 6. The van der Waals surface area contributed by atoms with Gasteiger partial charge in [0.1, 0.15) is 17.5 Å². The molecule has 2 heterocycles. The molecule has 1 aromatic carbocycles. The third-order valence-electron chi connectivity index (χ3n) is 3.59. The second-order valence-corrected chi connectivity index (χ2v) is 6.29.